The zero-order chi connectivity index (χ0) is 25.7. The van der Waals surface area contributed by atoms with Crippen molar-refractivity contribution >= 4 is 35.7 Å². The molecule has 0 bridgehead atoms. The number of halogens is 2. The number of hydrogen-bond acceptors (Lipinski definition) is 6. The predicted octanol–water partition coefficient (Wildman–Crippen LogP) is 2.81. The van der Waals surface area contributed by atoms with Gasteiger partial charge in [-0.2, -0.15) is 0 Å². The minimum absolute atomic E-state index is 0.151. The van der Waals surface area contributed by atoms with E-state index in [1.165, 1.54) is 31.2 Å². The summed E-state index contributed by atoms with van der Waals surface area (Å²) in [7, 11) is 0. The monoisotopic (exact) mass is 484 g/mol. The fourth-order valence-electron chi connectivity index (χ4n) is 3.97. The van der Waals surface area contributed by atoms with Crippen LogP contribution in [0.25, 0.3) is 0 Å². The molecule has 0 aliphatic carbocycles. The second-order valence-corrected chi connectivity index (χ2v) is 7.98. The lowest BCUT2D eigenvalue weighted by atomic mass is 10.1. The van der Waals surface area contributed by atoms with Crippen molar-refractivity contribution in [2.24, 2.45) is 0 Å². The number of carbonyl (C=O) groups is 6. The Hall–Kier alpha value is -4.08. The molecule has 2 atom stereocenters. The lowest BCUT2D eigenvalue weighted by Gasteiger charge is -2.22. The van der Waals surface area contributed by atoms with Gasteiger partial charge in [-0.1, -0.05) is 24.3 Å². The van der Waals surface area contributed by atoms with E-state index in [0.29, 0.717) is 6.29 Å². The van der Waals surface area contributed by atoms with Crippen LogP contribution >= 0.6 is 0 Å². The Morgan fingerprint density at radius 1 is 0.743 bits per heavy atom. The number of ketones is 1. The third-order valence-electron chi connectivity index (χ3n) is 5.63. The first kappa shape index (κ1) is 25.5. The second-order valence-electron chi connectivity index (χ2n) is 7.98. The Morgan fingerprint density at radius 2 is 1.09 bits per heavy atom. The summed E-state index contributed by atoms with van der Waals surface area (Å²) >= 11 is 0. The number of Topliss-reactive ketones (excluding diaryl/α,β-unsaturated/α-hetero) is 1. The molecule has 0 unspecified atom stereocenters. The van der Waals surface area contributed by atoms with E-state index >= 15 is 0 Å². The molecule has 10 heteroatoms. The maximum absolute atomic E-state index is 12.9. The number of hydrogen-bond donors (Lipinski definition) is 0. The highest BCUT2D eigenvalue weighted by Gasteiger charge is 2.40. The molecule has 4 rings (SSSR count). The number of fused-ring (bicyclic) bond motifs is 2. The van der Waals surface area contributed by atoms with Crippen LogP contribution in [0.3, 0.4) is 0 Å². The molecule has 2 heterocycles. The molecule has 2 aromatic carbocycles. The summed E-state index contributed by atoms with van der Waals surface area (Å²) in [6.07, 6.45) is 0.178. The van der Waals surface area contributed by atoms with Gasteiger partial charge in [0.25, 0.3) is 23.6 Å². The number of rotatable bonds is 8. The molecular formula is C25H22F2N2O6. The normalized spacial score (nSPS) is 15.9. The van der Waals surface area contributed by atoms with E-state index in [1.807, 2.05) is 0 Å². The number of benzene rings is 2. The molecule has 0 saturated heterocycles. The number of amides is 4. The smallest absolute Gasteiger partial charge is 0.261 e. The van der Waals surface area contributed by atoms with Crippen LogP contribution in [-0.2, 0) is 9.59 Å². The number of aldehydes is 1. The van der Waals surface area contributed by atoms with E-state index in [9.17, 15) is 37.5 Å². The minimum atomic E-state index is -1.00. The maximum atomic E-state index is 12.9. The molecule has 2 aliphatic heterocycles. The Bertz CT molecular complexity index is 1130. The Kier molecular flexibility index (Phi) is 7.95. The number of nitrogens with zero attached hydrogens (tertiary/aromatic N) is 2. The maximum Gasteiger partial charge on any atom is 0.261 e. The van der Waals surface area contributed by atoms with Crippen LogP contribution in [0.15, 0.2) is 48.5 Å². The van der Waals surface area contributed by atoms with Gasteiger partial charge < -0.3 is 4.79 Å². The van der Waals surface area contributed by atoms with E-state index in [-0.39, 0.29) is 40.9 Å². The topological polar surface area (TPSA) is 109 Å². The van der Waals surface area contributed by atoms with Gasteiger partial charge in [-0.15, -0.1) is 0 Å². The molecule has 182 valence electrons. The van der Waals surface area contributed by atoms with Crippen molar-refractivity contribution in [1.29, 1.82) is 0 Å². The van der Waals surface area contributed by atoms with Gasteiger partial charge in [-0.05, 0) is 31.2 Å². The number of alkyl halides is 2. The SMILES string of the molecule is CC(=O)C[C@@H](CF)N1C(=O)c2ccccc2C1=O.O=CC[C@@H](CF)N1C(=O)c2ccccc2C1=O. The molecule has 0 radical (unpaired) electrons. The zero-order valence-electron chi connectivity index (χ0n) is 18.8. The largest absolute Gasteiger partial charge is 0.303 e. The number of imide groups is 2. The molecule has 2 aromatic rings. The van der Waals surface area contributed by atoms with Crippen LogP contribution in [0.5, 0.6) is 0 Å². The molecule has 0 aromatic heterocycles. The van der Waals surface area contributed by atoms with Gasteiger partial charge in [-0.25, -0.2) is 8.78 Å². The summed E-state index contributed by atoms with van der Waals surface area (Å²) in [5.41, 5.74) is 1.07. The second kappa shape index (κ2) is 10.9. The first-order valence-electron chi connectivity index (χ1n) is 10.8. The van der Waals surface area contributed by atoms with E-state index in [4.69, 9.17) is 0 Å². The van der Waals surface area contributed by atoms with Crippen LogP contribution in [0.2, 0.25) is 0 Å². The molecule has 8 nitrogen and oxygen atoms in total. The molecule has 0 saturated carbocycles. The molecule has 35 heavy (non-hydrogen) atoms. The molecule has 4 amide bonds. The summed E-state index contributed by atoms with van der Waals surface area (Å²) < 4.78 is 25.7. The average molecular weight is 484 g/mol. The van der Waals surface area contributed by atoms with Crippen LogP contribution in [0, 0.1) is 0 Å². The first-order chi connectivity index (χ1) is 16.8. The molecule has 0 N–H and O–H groups in total. The molecular weight excluding hydrogens is 462 g/mol. The number of carbonyl (C=O) groups excluding carboxylic acids is 6. The predicted molar refractivity (Wildman–Crippen MR) is 119 cm³/mol. The van der Waals surface area contributed by atoms with E-state index in [2.05, 4.69) is 0 Å². The van der Waals surface area contributed by atoms with Gasteiger partial charge in [0.1, 0.15) is 25.4 Å². The molecule has 0 spiro atoms. The zero-order valence-corrected chi connectivity index (χ0v) is 18.8. The van der Waals surface area contributed by atoms with Crippen molar-refractivity contribution < 1.29 is 37.5 Å². The first-order valence-corrected chi connectivity index (χ1v) is 10.8. The van der Waals surface area contributed by atoms with Crippen LogP contribution < -0.4 is 0 Å². The average Bonchev–Trinajstić information content (AvgIpc) is 3.26. The highest BCUT2D eigenvalue weighted by atomic mass is 19.1. The Morgan fingerprint density at radius 3 is 1.37 bits per heavy atom. The summed E-state index contributed by atoms with van der Waals surface area (Å²) in [5.74, 6) is -2.38. The van der Waals surface area contributed by atoms with E-state index in [0.717, 1.165) is 9.80 Å². The lowest BCUT2D eigenvalue weighted by molar-refractivity contribution is -0.118. The van der Waals surface area contributed by atoms with E-state index in [1.54, 1.807) is 24.3 Å². The van der Waals surface area contributed by atoms with Crippen molar-refractivity contribution in [3.63, 3.8) is 0 Å². The quantitative estimate of drug-likeness (QED) is 0.421. The highest BCUT2D eigenvalue weighted by molar-refractivity contribution is 6.22. The van der Waals surface area contributed by atoms with Crippen molar-refractivity contribution in [2.45, 2.75) is 31.8 Å². The van der Waals surface area contributed by atoms with Gasteiger partial charge in [-0.3, -0.25) is 33.8 Å². The summed E-state index contributed by atoms with van der Waals surface area (Å²) in [6, 6.07) is 10.6. The third kappa shape index (κ3) is 4.91. The Balaban J connectivity index is 0.000000196. The van der Waals surface area contributed by atoms with Crippen molar-refractivity contribution in [3.05, 3.63) is 70.8 Å². The fraction of sp³-hybridized carbons (Fsp3) is 0.280. The minimum Gasteiger partial charge on any atom is -0.303 e. The van der Waals surface area contributed by atoms with Gasteiger partial charge in [0.15, 0.2) is 0 Å². The van der Waals surface area contributed by atoms with Gasteiger partial charge in [0.2, 0.25) is 0 Å². The van der Waals surface area contributed by atoms with Crippen molar-refractivity contribution in [3.8, 4) is 0 Å². The standard InChI is InChI=1S/C13H12FNO3.C12H10FNO3/c1-8(16)6-9(7-14)15-12(17)10-4-2-3-5-11(10)13(15)18;13-7-8(5-6-15)14-11(16)9-3-1-2-4-10(9)12(14)17/h2-5,9H,6-7H2,1H3;1-4,6,8H,5,7H2/t9-;8-/m00/s1. The lowest BCUT2D eigenvalue weighted by Crippen LogP contribution is -2.42. The highest BCUT2D eigenvalue weighted by Crippen LogP contribution is 2.26. The summed E-state index contributed by atoms with van der Waals surface area (Å²) in [5, 5.41) is 0. The van der Waals surface area contributed by atoms with Gasteiger partial charge in [0.05, 0.1) is 34.3 Å². The van der Waals surface area contributed by atoms with Crippen LogP contribution in [-0.4, -0.2) is 70.9 Å². The molecule has 2 aliphatic rings. The third-order valence-corrected chi connectivity index (χ3v) is 5.63. The van der Waals surface area contributed by atoms with Crippen LogP contribution in [0.4, 0.5) is 8.78 Å². The van der Waals surface area contributed by atoms with Crippen molar-refractivity contribution in [2.75, 3.05) is 13.3 Å². The van der Waals surface area contributed by atoms with Gasteiger partial charge >= 0.3 is 0 Å². The van der Waals surface area contributed by atoms with E-state index < -0.39 is 49.1 Å². The molecule has 0 fully saturated rings. The summed E-state index contributed by atoms with van der Waals surface area (Å²) in [6.45, 7) is -0.518. The van der Waals surface area contributed by atoms with Gasteiger partial charge in [0, 0.05) is 12.8 Å². The van der Waals surface area contributed by atoms with Crippen LogP contribution in [0.1, 0.15) is 61.2 Å². The fourth-order valence-corrected chi connectivity index (χ4v) is 3.97. The van der Waals surface area contributed by atoms with Crippen molar-refractivity contribution in [1.82, 2.24) is 9.80 Å². The Labute approximate surface area is 199 Å². The summed E-state index contributed by atoms with van der Waals surface area (Å²) in [4.78, 5) is 71.0.